The van der Waals surface area contributed by atoms with Crippen molar-refractivity contribution in [2.75, 3.05) is 0 Å². The topological polar surface area (TPSA) is 53.1 Å². The Bertz CT molecular complexity index is 5950. The molecular formula is C84H60BBrN4O2. The smallest absolute Gasteiger partial charge is 0.399 e. The maximum atomic E-state index is 6.44. The molecule has 0 spiro atoms. The van der Waals surface area contributed by atoms with Gasteiger partial charge in [0.1, 0.15) is 11.3 Å². The summed E-state index contributed by atoms with van der Waals surface area (Å²) in [6.07, 6.45) is 0. The monoisotopic (exact) mass is 1250 g/mol. The molecule has 0 bridgehead atoms. The normalized spacial score (nSPS) is 13.8. The minimum absolute atomic E-state index is 0.398. The third kappa shape index (κ3) is 9.23. The minimum Gasteiger partial charge on any atom is -0.399 e. The summed E-state index contributed by atoms with van der Waals surface area (Å²) >= 11 is 3.42. The van der Waals surface area contributed by atoms with E-state index < -0.39 is 18.3 Å². The lowest BCUT2D eigenvalue weighted by Crippen LogP contribution is -2.41. The Labute approximate surface area is 540 Å². The van der Waals surface area contributed by atoms with E-state index in [4.69, 9.17) is 19.3 Å². The van der Waals surface area contributed by atoms with Gasteiger partial charge in [-0.15, -0.1) is 0 Å². The number of fused-ring (bicyclic) bond motifs is 24. The number of imidazole rings is 2. The van der Waals surface area contributed by atoms with E-state index in [1.807, 2.05) is 6.07 Å². The van der Waals surface area contributed by atoms with Crippen LogP contribution < -0.4 is 5.46 Å². The molecular weight excluding hydrogens is 1190 g/mol. The Morgan fingerprint density at radius 3 is 1.13 bits per heavy atom. The summed E-state index contributed by atoms with van der Waals surface area (Å²) in [7, 11) is -0.428. The first-order chi connectivity index (χ1) is 45.0. The van der Waals surface area contributed by atoms with Crippen molar-refractivity contribution in [3.63, 3.8) is 0 Å². The molecule has 18 aromatic rings. The van der Waals surface area contributed by atoms with Crippen LogP contribution in [0.1, 0.15) is 27.7 Å². The average molecular weight is 1250 g/mol. The second-order valence-corrected chi connectivity index (χ2v) is 26.1. The van der Waals surface area contributed by atoms with Gasteiger partial charge in [0.25, 0.3) is 0 Å². The average Bonchev–Trinajstić information content (AvgIpc) is 1.51. The quantitative estimate of drug-likeness (QED) is 0.130. The molecule has 438 valence electrons. The van der Waals surface area contributed by atoms with Crippen LogP contribution in [0.15, 0.2) is 296 Å². The fourth-order valence-corrected chi connectivity index (χ4v) is 14.2. The maximum absolute atomic E-state index is 6.44. The highest BCUT2D eigenvalue weighted by atomic mass is 79.9. The van der Waals surface area contributed by atoms with Gasteiger partial charge in [0.2, 0.25) is 0 Å². The van der Waals surface area contributed by atoms with Crippen molar-refractivity contribution < 1.29 is 9.31 Å². The first kappa shape index (κ1) is 55.6. The molecule has 4 aromatic heterocycles. The number of halogens is 1. The van der Waals surface area contributed by atoms with Gasteiger partial charge in [0.15, 0.2) is 0 Å². The molecule has 6 nitrogen and oxygen atoms in total. The zero-order valence-electron chi connectivity index (χ0n) is 51.3. The van der Waals surface area contributed by atoms with Gasteiger partial charge in [-0.2, -0.15) is 0 Å². The molecule has 5 heterocycles. The van der Waals surface area contributed by atoms with Crippen molar-refractivity contribution in [3.05, 3.63) is 296 Å². The maximum Gasteiger partial charge on any atom is 0.494 e. The van der Waals surface area contributed by atoms with Crippen LogP contribution >= 0.6 is 15.9 Å². The van der Waals surface area contributed by atoms with Gasteiger partial charge < -0.3 is 9.31 Å². The third-order valence-electron chi connectivity index (χ3n) is 19.3. The van der Waals surface area contributed by atoms with E-state index in [9.17, 15) is 0 Å². The van der Waals surface area contributed by atoms with E-state index >= 15 is 0 Å². The highest BCUT2D eigenvalue weighted by Gasteiger charge is 2.51. The number of rotatable bonds is 4. The zero-order valence-corrected chi connectivity index (χ0v) is 52.9. The summed E-state index contributed by atoms with van der Waals surface area (Å²) in [6.45, 7) is 8.39. The van der Waals surface area contributed by atoms with Crippen molar-refractivity contribution in [3.8, 4) is 33.4 Å². The van der Waals surface area contributed by atoms with Crippen LogP contribution in [0.3, 0.4) is 0 Å². The predicted molar refractivity (Wildman–Crippen MR) is 392 cm³/mol. The summed E-state index contributed by atoms with van der Waals surface area (Å²) in [4.78, 5) is 10.7. The zero-order chi connectivity index (χ0) is 61.8. The molecule has 0 amide bonds. The van der Waals surface area contributed by atoms with E-state index in [1.165, 1.54) is 109 Å². The van der Waals surface area contributed by atoms with Gasteiger partial charge in [0, 0.05) is 36.8 Å². The Kier molecular flexibility index (Phi) is 13.2. The fourth-order valence-electron chi connectivity index (χ4n) is 13.9. The first-order valence-corrected chi connectivity index (χ1v) is 32.3. The Balaban J connectivity index is 0.000000118. The summed E-state index contributed by atoms with van der Waals surface area (Å²) in [6, 6.07) is 104. The van der Waals surface area contributed by atoms with Gasteiger partial charge in [-0.05, 0) is 146 Å². The molecule has 19 rings (SSSR count). The first-order valence-electron chi connectivity index (χ1n) is 31.5. The molecule has 0 unspecified atom stereocenters. The molecule has 1 fully saturated rings. The molecule has 8 heteroatoms. The number of aromatic nitrogens is 4. The Morgan fingerprint density at radius 1 is 0.304 bits per heavy atom. The molecule has 0 aliphatic carbocycles. The van der Waals surface area contributed by atoms with E-state index in [1.54, 1.807) is 0 Å². The van der Waals surface area contributed by atoms with Gasteiger partial charge in [-0.1, -0.05) is 271 Å². The van der Waals surface area contributed by atoms with Crippen LogP contribution in [0.4, 0.5) is 0 Å². The number of hydrogen-bond donors (Lipinski definition) is 0. The van der Waals surface area contributed by atoms with E-state index in [2.05, 4.69) is 338 Å². The second-order valence-electron chi connectivity index (χ2n) is 25.2. The molecule has 0 atom stereocenters. The summed E-state index contributed by atoms with van der Waals surface area (Å²) < 4.78 is 18.7. The van der Waals surface area contributed by atoms with Crippen LogP contribution in [0.2, 0.25) is 0 Å². The number of pyridine rings is 2. The summed E-state index contributed by atoms with van der Waals surface area (Å²) in [5.74, 6) is 0. The van der Waals surface area contributed by atoms with Crippen molar-refractivity contribution in [1.82, 2.24) is 18.8 Å². The van der Waals surface area contributed by atoms with E-state index in [-0.39, 0.29) is 0 Å². The van der Waals surface area contributed by atoms with Crippen molar-refractivity contribution in [1.29, 1.82) is 0 Å². The van der Waals surface area contributed by atoms with Gasteiger partial charge in [-0.25, -0.2) is 9.97 Å². The van der Waals surface area contributed by atoms with Crippen molar-refractivity contribution in [2.45, 2.75) is 38.9 Å². The summed E-state index contributed by atoms with van der Waals surface area (Å²) in [5, 5.41) is 16.9. The molecule has 1 aliphatic rings. The third-order valence-corrected chi connectivity index (χ3v) is 19.8. The van der Waals surface area contributed by atoms with E-state index in [0.29, 0.717) is 0 Å². The minimum atomic E-state index is -0.428. The largest absolute Gasteiger partial charge is 0.494 e. The van der Waals surface area contributed by atoms with Crippen LogP contribution in [0.25, 0.3) is 153 Å². The fraction of sp³-hybridized carbons (Fsp3) is 0.0714. The standard InChI is InChI=1S/C39H24N2.C33H27BN2O2.C12H9Br/c1-2-8-25(9-3-1)26-14-16-27(17-15-26)30-19-21-33-34-22-18-28-10-4-6-12-31(28)37(34)39-40-38-32-13-7-5-11-29(32)20-23-35(38)41(39)36(33)24-30;1-32(2)33(3,4)38-34(37-32)22-15-17-25-26-16-13-20-9-5-7-11-23(20)29(26)31-35-30-24-12-8-6-10-21(24)14-18-27(30)36(31)28(25)19-22;13-12-8-6-11(7-9-12)10-4-2-1-3-5-10/h1-24H;5-19H,1-4H3;1-9H. The van der Waals surface area contributed by atoms with Crippen molar-refractivity contribution >= 4 is 148 Å². The van der Waals surface area contributed by atoms with Gasteiger partial charge in [-0.3, -0.25) is 8.80 Å². The van der Waals surface area contributed by atoms with Gasteiger partial charge >= 0.3 is 7.12 Å². The van der Waals surface area contributed by atoms with Crippen molar-refractivity contribution in [2.24, 2.45) is 0 Å². The second kappa shape index (κ2) is 21.9. The van der Waals surface area contributed by atoms with Crippen LogP contribution in [0.5, 0.6) is 0 Å². The SMILES string of the molecule is Brc1ccc(-c2ccccc2)cc1.CC1(C)OB(c2ccc3c4ccc5ccccc5c4c4nc5c6ccccc6ccc5n4c3c2)OC1(C)C.c1ccc(-c2ccc(-c3ccc4c5ccc6ccccc6c5c5nc6c7ccccc7ccc6n5c4c3)cc2)cc1. The number of benzene rings is 14. The lowest BCUT2D eigenvalue weighted by Gasteiger charge is -2.32. The number of hydrogen-bond acceptors (Lipinski definition) is 4. The highest BCUT2D eigenvalue weighted by Crippen LogP contribution is 2.43. The van der Waals surface area contributed by atoms with Crippen LogP contribution in [0, 0.1) is 0 Å². The lowest BCUT2D eigenvalue weighted by molar-refractivity contribution is 0.00578. The van der Waals surface area contributed by atoms with Gasteiger partial charge in [0.05, 0.1) is 44.3 Å². The molecule has 1 saturated heterocycles. The molecule has 0 saturated carbocycles. The molecule has 92 heavy (non-hydrogen) atoms. The molecule has 0 N–H and O–H groups in total. The highest BCUT2D eigenvalue weighted by molar-refractivity contribution is 9.10. The van der Waals surface area contributed by atoms with E-state index in [0.717, 1.165) is 54.2 Å². The van der Waals surface area contributed by atoms with Crippen LogP contribution in [-0.4, -0.2) is 37.1 Å². The predicted octanol–water partition coefficient (Wildman–Crippen LogP) is 21.9. The lowest BCUT2D eigenvalue weighted by atomic mass is 9.78. The summed E-state index contributed by atoms with van der Waals surface area (Å²) in [5.41, 5.74) is 16.1. The molecule has 0 radical (unpaired) electrons. The number of nitrogens with zero attached hydrogens (tertiary/aromatic N) is 4. The molecule has 14 aromatic carbocycles. The Morgan fingerprint density at radius 2 is 0.652 bits per heavy atom. The molecule has 1 aliphatic heterocycles. The Hall–Kier alpha value is -10.5. The van der Waals surface area contributed by atoms with Crippen LogP contribution in [-0.2, 0) is 9.31 Å².